The first-order valence-corrected chi connectivity index (χ1v) is 13.3. The Bertz CT molecular complexity index is 1250. The third-order valence-electron chi connectivity index (χ3n) is 6.35. The molecule has 0 aliphatic carbocycles. The van der Waals surface area contributed by atoms with E-state index in [1.165, 1.54) is 11.3 Å². The maximum absolute atomic E-state index is 13.6. The fourth-order valence-corrected chi connectivity index (χ4v) is 5.37. The molecule has 1 aromatic heterocycles. The number of piperidine rings is 1. The summed E-state index contributed by atoms with van der Waals surface area (Å²) in [5.41, 5.74) is -0.220. The summed E-state index contributed by atoms with van der Waals surface area (Å²) in [5.74, 6) is -2.83. The Balaban J connectivity index is 0.000000532. The summed E-state index contributed by atoms with van der Waals surface area (Å²) in [4.78, 5) is 55.6. The van der Waals surface area contributed by atoms with Gasteiger partial charge in [0, 0.05) is 36.3 Å². The summed E-state index contributed by atoms with van der Waals surface area (Å²) in [6, 6.07) is 7.33. The van der Waals surface area contributed by atoms with Gasteiger partial charge in [0.25, 0.3) is 11.8 Å². The maximum Gasteiger partial charge on any atom is 0.490 e. The van der Waals surface area contributed by atoms with Gasteiger partial charge in [-0.05, 0) is 32.3 Å². The number of urea groups is 1. The molecule has 1 fully saturated rings. The number of anilines is 1. The number of nitrogens with zero attached hydrogens (tertiary/aromatic N) is 3. The normalized spacial score (nSPS) is 16.3. The molecule has 4 amide bonds. The largest absolute Gasteiger partial charge is 0.490 e. The topological polar surface area (TPSA) is 131 Å². The van der Waals surface area contributed by atoms with Crippen LogP contribution >= 0.6 is 11.3 Å². The summed E-state index contributed by atoms with van der Waals surface area (Å²) < 4.78 is 32.7. The molecular formula is C25H30F3N5O5S. The molecule has 3 N–H and O–H groups in total. The zero-order valence-electron chi connectivity index (χ0n) is 21.5. The number of nitrogens with one attached hydrogen (secondary N) is 2. The van der Waals surface area contributed by atoms with Gasteiger partial charge in [-0.15, -0.1) is 11.3 Å². The Labute approximate surface area is 226 Å². The van der Waals surface area contributed by atoms with Gasteiger partial charge >= 0.3 is 18.2 Å². The van der Waals surface area contributed by atoms with E-state index < -0.39 is 17.7 Å². The lowest BCUT2D eigenvalue weighted by Crippen LogP contribution is -2.51. The number of thiophene rings is 1. The van der Waals surface area contributed by atoms with Crippen LogP contribution in [0, 0.1) is 0 Å². The van der Waals surface area contributed by atoms with Crippen molar-refractivity contribution in [3.8, 4) is 0 Å². The van der Waals surface area contributed by atoms with E-state index in [1.807, 2.05) is 31.2 Å². The van der Waals surface area contributed by atoms with Gasteiger partial charge in [0.1, 0.15) is 10.5 Å². The van der Waals surface area contributed by atoms with Crippen molar-refractivity contribution in [2.75, 3.05) is 31.5 Å². The van der Waals surface area contributed by atoms with Gasteiger partial charge in [0.15, 0.2) is 0 Å². The number of halogens is 3. The summed E-state index contributed by atoms with van der Waals surface area (Å²) in [6.45, 7) is 6.04. The van der Waals surface area contributed by atoms with Crippen molar-refractivity contribution >= 4 is 56.6 Å². The van der Waals surface area contributed by atoms with Crippen LogP contribution in [0.2, 0.25) is 0 Å². The molecule has 0 unspecified atom stereocenters. The molecule has 0 bridgehead atoms. The molecule has 0 atom stereocenters. The molecule has 212 valence electrons. The average molecular weight is 570 g/mol. The van der Waals surface area contributed by atoms with Crippen LogP contribution in [0.15, 0.2) is 29.3 Å². The number of unbranched alkanes of at least 4 members (excludes halogenated alkanes) is 1. The Hall–Kier alpha value is -3.68. The molecule has 3 heterocycles. The van der Waals surface area contributed by atoms with E-state index in [1.54, 1.807) is 16.1 Å². The first-order chi connectivity index (χ1) is 18.4. The standard InChI is InChI=1S/C23H29N5O3S.C2HF3O2/c1-3-5-12-28-15-25-23(21(28)30)10-13-27(14-11-23)20(29)18-16-8-6-7-9-17(16)32-19(18)26-22(31)24-4-2;3-2(4,5)1(6)7/h6-9,15H,3-5,10-14H2,1-2H3,(H2,24,26,31);(H,6,7). The molecule has 10 nitrogen and oxygen atoms in total. The van der Waals surface area contributed by atoms with Crippen LogP contribution in [0.4, 0.5) is 23.0 Å². The van der Waals surface area contributed by atoms with Crippen molar-refractivity contribution < 1.29 is 37.5 Å². The van der Waals surface area contributed by atoms with Crippen molar-refractivity contribution in [1.82, 2.24) is 15.1 Å². The fourth-order valence-electron chi connectivity index (χ4n) is 4.28. The molecule has 1 saturated heterocycles. The molecule has 2 aromatic rings. The number of aliphatic imine (C=N–C) groups is 1. The van der Waals surface area contributed by atoms with Gasteiger partial charge in [-0.2, -0.15) is 13.2 Å². The first kappa shape index (κ1) is 29.9. The van der Waals surface area contributed by atoms with Crippen molar-refractivity contribution in [3.63, 3.8) is 0 Å². The van der Waals surface area contributed by atoms with Gasteiger partial charge in [-0.1, -0.05) is 31.5 Å². The van der Waals surface area contributed by atoms with Crippen molar-refractivity contribution in [2.24, 2.45) is 4.99 Å². The molecule has 14 heteroatoms. The van der Waals surface area contributed by atoms with Crippen LogP contribution in [-0.4, -0.2) is 83.0 Å². The fraction of sp³-hybridized carbons (Fsp3) is 0.480. The molecule has 1 spiro atoms. The number of amides is 4. The number of aliphatic carboxylic acids is 1. The van der Waals surface area contributed by atoms with Crippen LogP contribution in [-0.2, 0) is 9.59 Å². The predicted molar refractivity (Wildman–Crippen MR) is 141 cm³/mol. The smallest absolute Gasteiger partial charge is 0.475 e. The summed E-state index contributed by atoms with van der Waals surface area (Å²) >= 11 is 1.39. The van der Waals surface area contributed by atoms with Crippen LogP contribution in [0.1, 0.15) is 49.9 Å². The van der Waals surface area contributed by atoms with Crippen molar-refractivity contribution in [3.05, 3.63) is 29.8 Å². The minimum Gasteiger partial charge on any atom is -0.475 e. The minimum atomic E-state index is -5.08. The monoisotopic (exact) mass is 569 g/mol. The number of likely N-dealkylation sites (tertiary alicyclic amines) is 1. The van der Waals surface area contributed by atoms with Crippen molar-refractivity contribution in [2.45, 2.75) is 51.2 Å². The Morgan fingerprint density at radius 2 is 1.79 bits per heavy atom. The number of hydrogen-bond donors (Lipinski definition) is 3. The van der Waals surface area contributed by atoms with E-state index in [0.717, 1.165) is 22.9 Å². The molecule has 2 aliphatic heterocycles. The lowest BCUT2D eigenvalue weighted by atomic mass is 9.87. The number of alkyl halides is 3. The number of rotatable bonds is 6. The summed E-state index contributed by atoms with van der Waals surface area (Å²) in [5, 5.41) is 14.1. The third-order valence-corrected chi connectivity index (χ3v) is 7.44. The zero-order chi connectivity index (χ0) is 28.8. The summed E-state index contributed by atoms with van der Waals surface area (Å²) in [7, 11) is 0. The number of hydrogen-bond acceptors (Lipinski definition) is 6. The second-order valence-electron chi connectivity index (χ2n) is 9.01. The quantitative estimate of drug-likeness (QED) is 0.477. The van der Waals surface area contributed by atoms with Gasteiger partial charge < -0.3 is 20.2 Å². The number of carboxylic acids is 1. The molecule has 0 saturated carbocycles. The predicted octanol–water partition coefficient (Wildman–Crippen LogP) is 4.32. The summed E-state index contributed by atoms with van der Waals surface area (Å²) in [6.07, 6.45) is -0.412. The Morgan fingerprint density at radius 3 is 2.38 bits per heavy atom. The van der Waals surface area contributed by atoms with E-state index in [-0.39, 0.29) is 17.8 Å². The van der Waals surface area contributed by atoms with E-state index in [2.05, 4.69) is 22.5 Å². The van der Waals surface area contributed by atoms with Crippen molar-refractivity contribution in [1.29, 1.82) is 0 Å². The SMILES string of the molecule is CCCCN1C=NC2(CCN(C(=O)c3c(NC(=O)NCC)sc4ccccc34)CC2)C1=O.O=C(O)C(F)(F)F. The molecular weight excluding hydrogens is 539 g/mol. The maximum atomic E-state index is 13.6. The Morgan fingerprint density at radius 1 is 1.15 bits per heavy atom. The van der Waals surface area contributed by atoms with Gasteiger partial charge in [-0.25, -0.2) is 9.59 Å². The Kier molecular flexibility index (Phi) is 9.54. The molecule has 1 aromatic carbocycles. The van der Waals surface area contributed by atoms with Gasteiger partial charge in [0.05, 0.1) is 11.9 Å². The number of carboxylic acid groups (broad SMARTS) is 1. The minimum absolute atomic E-state index is 0.0534. The van der Waals surface area contributed by atoms with Crippen LogP contribution in [0.25, 0.3) is 10.1 Å². The molecule has 0 radical (unpaired) electrons. The molecule has 39 heavy (non-hydrogen) atoms. The highest BCUT2D eigenvalue weighted by Crippen LogP contribution is 2.38. The highest BCUT2D eigenvalue weighted by molar-refractivity contribution is 7.23. The van der Waals surface area contributed by atoms with E-state index in [0.29, 0.717) is 49.6 Å². The van der Waals surface area contributed by atoms with E-state index >= 15 is 0 Å². The van der Waals surface area contributed by atoms with Gasteiger partial charge in [0.2, 0.25) is 0 Å². The number of benzene rings is 1. The van der Waals surface area contributed by atoms with Crippen LogP contribution in [0.3, 0.4) is 0 Å². The van der Waals surface area contributed by atoms with E-state index in [9.17, 15) is 27.6 Å². The lowest BCUT2D eigenvalue weighted by molar-refractivity contribution is -0.192. The second kappa shape index (κ2) is 12.5. The lowest BCUT2D eigenvalue weighted by Gasteiger charge is -2.36. The van der Waals surface area contributed by atoms with Gasteiger partial charge in [-0.3, -0.25) is 19.9 Å². The highest BCUT2D eigenvalue weighted by Gasteiger charge is 2.47. The molecule has 2 aliphatic rings. The third kappa shape index (κ3) is 6.85. The highest BCUT2D eigenvalue weighted by atomic mass is 32.1. The number of carbonyl (C=O) groups is 4. The zero-order valence-corrected chi connectivity index (χ0v) is 22.3. The average Bonchev–Trinajstić information content (AvgIpc) is 3.39. The van der Waals surface area contributed by atoms with Crippen LogP contribution in [0.5, 0.6) is 0 Å². The first-order valence-electron chi connectivity index (χ1n) is 12.5. The number of fused-ring (bicyclic) bond motifs is 1. The van der Waals surface area contributed by atoms with E-state index in [4.69, 9.17) is 9.90 Å². The number of carbonyl (C=O) groups excluding carboxylic acids is 3. The molecule has 4 rings (SSSR count). The van der Waals surface area contributed by atoms with Crippen LogP contribution < -0.4 is 10.6 Å². The second-order valence-corrected chi connectivity index (χ2v) is 10.1.